The Balaban J connectivity index is 2.09. The van der Waals surface area contributed by atoms with E-state index >= 15 is 0 Å². The largest absolute Gasteiger partial charge is 0.321 e. The lowest BCUT2D eigenvalue weighted by atomic mass is 10.1. The molecule has 1 heterocycles. The summed E-state index contributed by atoms with van der Waals surface area (Å²) in [6.45, 7) is 0.695. The average Bonchev–Trinajstić information content (AvgIpc) is 2.39. The summed E-state index contributed by atoms with van der Waals surface area (Å²) in [5, 5.41) is 0. The number of hydrogen-bond donors (Lipinski definition) is 0. The summed E-state index contributed by atoms with van der Waals surface area (Å²) in [4.78, 5) is 6.59. The minimum Gasteiger partial charge on any atom is -0.321 e. The van der Waals surface area contributed by atoms with E-state index in [9.17, 15) is 0 Å². The van der Waals surface area contributed by atoms with Crippen LogP contribution in [0.25, 0.3) is 0 Å². The second-order valence-corrected chi connectivity index (χ2v) is 3.78. The smallest absolute Gasteiger partial charge is 0.114 e. The number of benzene rings is 2. The second kappa shape index (κ2) is 3.81. The number of para-hydroxylation sites is 2. The maximum Gasteiger partial charge on any atom is 0.114 e. The molecule has 0 amide bonds. The van der Waals surface area contributed by atoms with E-state index in [0.29, 0.717) is 6.67 Å². The van der Waals surface area contributed by atoms with Gasteiger partial charge >= 0.3 is 0 Å². The number of nitrogens with zero attached hydrogens (tertiary/aromatic N) is 2. The van der Waals surface area contributed by atoms with Gasteiger partial charge in [-0.3, -0.25) is 4.99 Å². The van der Waals surface area contributed by atoms with Crippen molar-refractivity contribution >= 4 is 17.6 Å². The molecule has 0 saturated carbocycles. The van der Waals surface area contributed by atoms with Gasteiger partial charge in [-0.1, -0.05) is 36.4 Å². The first-order chi connectivity index (χ1) is 7.95. The van der Waals surface area contributed by atoms with Gasteiger partial charge in [0.2, 0.25) is 0 Å². The maximum atomic E-state index is 4.38. The predicted octanol–water partition coefficient (Wildman–Crippen LogP) is 3.21. The minimum absolute atomic E-state index is 0.695. The molecule has 1 aliphatic heterocycles. The Kier molecular flexibility index (Phi) is 2.18. The van der Waals surface area contributed by atoms with E-state index < -0.39 is 0 Å². The van der Waals surface area contributed by atoms with Gasteiger partial charge in [-0.05, 0) is 18.2 Å². The third-order valence-electron chi connectivity index (χ3n) is 2.75. The molecule has 2 heteroatoms. The van der Waals surface area contributed by atoms with E-state index in [4.69, 9.17) is 0 Å². The third-order valence-corrected chi connectivity index (χ3v) is 2.75. The summed E-state index contributed by atoms with van der Waals surface area (Å²) in [6.07, 6.45) is 1.94. The van der Waals surface area contributed by atoms with Gasteiger partial charge in [0, 0.05) is 17.5 Å². The van der Waals surface area contributed by atoms with Crippen molar-refractivity contribution < 1.29 is 0 Å². The van der Waals surface area contributed by atoms with Crippen LogP contribution in [0.1, 0.15) is 5.56 Å². The normalized spacial score (nSPS) is 13.6. The van der Waals surface area contributed by atoms with E-state index in [-0.39, 0.29) is 0 Å². The molecule has 0 spiro atoms. The zero-order valence-corrected chi connectivity index (χ0v) is 8.88. The van der Waals surface area contributed by atoms with Gasteiger partial charge < -0.3 is 4.90 Å². The van der Waals surface area contributed by atoms with Gasteiger partial charge in [-0.15, -0.1) is 0 Å². The van der Waals surface area contributed by atoms with Gasteiger partial charge in [0.15, 0.2) is 0 Å². The maximum absolute atomic E-state index is 4.38. The van der Waals surface area contributed by atoms with Crippen LogP contribution in [0.5, 0.6) is 0 Å². The van der Waals surface area contributed by atoms with E-state index in [0.717, 1.165) is 0 Å². The Morgan fingerprint density at radius 2 is 1.62 bits per heavy atom. The van der Waals surface area contributed by atoms with Gasteiger partial charge in [0.25, 0.3) is 0 Å². The zero-order valence-electron chi connectivity index (χ0n) is 8.88. The summed E-state index contributed by atoms with van der Waals surface area (Å²) in [6, 6.07) is 18.7. The predicted molar refractivity (Wildman–Crippen MR) is 67.5 cm³/mol. The number of fused-ring (bicyclic) bond motifs is 1. The number of hydrogen-bond acceptors (Lipinski definition) is 2. The zero-order chi connectivity index (χ0) is 10.8. The lowest BCUT2D eigenvalue weighted by molar-refractivity contribution is 0.971. The van der Waals surface area contributed by atoms with Crippen molar-refractivity contribution in [1.29, 1.82) is 0 Å². The number of anilines is 2. The lowest BCUT2D eigenvalue weighted by Gasteiger charge is -2.27. The number of aliphatic imine (C=N–C) groups is 1. The van der Waals surface area contributed by atoms with Crippen LogP contribution in [0.15, 0.2) is 59.6 Å². The van der Waals surface area contributed by atoms with Crippen LogP contribution in [0.3, 0.4) is 0 Å². The monoisotopic (exact) mass is 208 g/mol. The average molecular weight is 208 g/mol. The molecule has 0 aromatic heterocycles. The van der Waals surface area contributed by atoms with Crippen molar-refractivity contribution in [2.45, 2.75) is 0 Å². The summed E-state index contributed by atoms with van der Waals surface area (Å²) in [7, 11) is 0. The fraction of sp³-hybridized carbons (Fsp3) is 0.0714. The van der Waals surface area contributed by atoms with Crippen LogP contribution in [-0.4, -0.2) is 12.9 Å². The van der Waals surface area contributed by atoms with Crippen molar-refractivity contribution in [3.05, 3.63) is 60.2 Å². The number of rotatable bonds is 1. The standard InChI is InChI=1S/C14H12N2/c1-2-7-13(8-3-1)16-11-15-10-12-6-4-5-9-14(12)16/h1-10H,11H2. The SMILES string of the molecule is C1=NCN(c2ccccc2)c2ccccc21. The quantitative estimate of drug-likeness (QED) is 0.702. The molecule has 3 rings (SSSR count). The van der Waals surface area contributed by atoms with E-state index in [1.54, 1.807) is 0 Å². The first-order valence-corrected chi connectivity index (χ1v) is 5.36. The van der Waals surface area contributed by atoms with Crippen LogP contribution in [-0.2, 0) is 0 Å². The molecule has 2 aromatic carbocycles. The van der Waals surface area contributed by atoms with Crippen molar-refractivity contribution in [2.75, 3.05) is 11.6 Å². The Hall–Kier alpha value is -2.09. The van der Waals surface area contributed by atoms with Crippen molar-refractivity contribution in [3.63, 3.8) is 0 Å². The summed E-state index contributed by atoms with van der Waals surface area (Å²) in [5.74, 6) is 0. The lowest BCUT2D eigenvalue weighted by Crippen LogP contribution is -2.21. The van der Waals surface area contributed by atoms with Gasteiger partial charge in [-0.2, -0.15) is 0 Å². The highest BCUT2D eigenvalue weighted by Crippen LogP contribution is 2.29. The van der Waals surface area contributed by atoms with Crippen LogP contribution in [0.4, 0.5) is 11.4 Å². The van der Waals surface area contributed by atoms with Gasteiger partial charge in [0.1, 0.15) is 6.67 Å². The molecular formula is C14H12N2. The second-order valence-electron chi connectivity index (χ2n) is 3.78. The van der Waals surface area contributed by atoms with Crippen molar-refractivity contribution in [3.8, 4) is 0 Å². The van der Waals surface area contributed by atoms with E-state index in [2.05, 4.69) is 52.4 Å². The van der Waals surface area contributed by atoms with Crippen LogP contribution in [0, 0.1) is 0 Å². The molecular weight excluding hydrogens is 196 g/mol. The molecule has 0 aliphatic carbocycles. The summed E-state index contributed by atoms with van der Waals surface area (Å²) < 4.78 is 0. The van der Waals surface area contributed by atoms with Crippen LogP contribution in [0.2, 0.25) is 0 Å². The Labute approximate surface area is 94.9 Å². The molecule has 0 unspecified atom stereocenters. The molecule has 0 radical (unpaired) electrons. The molecule has 1 aliphatic rings. The third kappa shape index (κ3) is 1.48. The van der Waals surface area contributed by atoms with Crippen LogP contribution < -0.4 is 4.90 Å². The first-order valence-electron chi connectivity index (χ1n) is 5.36. The molecule has 0 bridgehead atoms. The summed E-state index contributed by atoms with van der Waals surface area (Å²) >= 11 is 0. The fourth-order valence-electron chi connectivity index (χ4n) is 1.97. The topological polar surface area (TPSA) is 15.6 Å². The fourth-order valence-corrected chi connectivity index (χ4v) is 1.97. The molecule has 0 fully saturated rings. The van der Waals surface area contributed by atoms with Crippen molar-refractivity contribution in [1.82, 2.24) is 0 Å². The highest BCUT2D eigenvalue weighted by molar-refractivity contribution is 5.91. The van der Waals surface area contributed by atoms with Gasteiger partial charge in [-0.25, -0.2) is 0 Å². The Morgan fingerprint density at radius 1 is 0.875 bits per heavy atom. The molecule has 16 heavy (non-hydrogen) atoms. The molecule has 0 N–H and O–H groups in total. The molecule has 0 atom stereocenters. The first kappa shape index (κ1) is 9.16. The van der Waals surface area contributed by atoms with E-state index in [1.807, 2.05) is 18.3 Å². The molecule has 78 valence electrons. The van der Waals surface area contributed by atoms with Crippen molar-refractivity contribution in [2.24, 2.45) is 4.99 Å². The minimum atomic E-state index is 0.695. The summed E-state index contributed by atoms with van der Waals surface area (Å²) in [5.41, 5.74) is 3.59. The molecule has 2 nitrogen and oxygen atoms in total. The molecule has 2 aromatic rings. The van der Waals surface area contributed by atoms with Gasteiger partial charge in [0.05, 0.1) is 5.69 Å². The highest BCUT2D eigenvalue weighted by atomic mass is 15.2. The Morgan fingerprint density at radius 3 is 2.50 bits per heavy atom. The molecule has 0 saturated heterocycles. The van der Waals surface area contributed by atoms with E-state index in [1.165, 1.54) is 16.9 Å². The van der Waals surface area contributed by atoms with Crippen LogP contribution >= 0.6 is 0 Å². The highest BCUT2D eigenvalue weighted by Gasteiger charge is 2.14. The Bertz CT molecular complexity index is 517.